The predicted octanol–water partition coefficient (Wildman–Crippen LogP) is 4.00. The van der Waals surface area contributed by atoms with Gasteiger partial charge in [0.1, 0.15) is 5.75 Å². The van der Waals surface area contributed by atoms with Gasteiger partial charge in [-0.25, -0.2) is 0 Å². The van der Waals surface area contributed by atoms with E-state index in [0.717, 1.165) is 16.7 Å². The van der Waals surface area contributed by atoms with Gasteiger partial charge in [0.15, 0.2) is 5.78 Å². The van der Waals surface area contributed by atoms with Gasteiger partial charge in [-0.3, -0.25) is 19.3 Å². The van der Waals surface area contributed by atoms with Crippen molar-refractivity contribution in [2.24, 2.45) is 0 Å². The molecule has 0 N–H and O–H groups in total. The molecule has 0 bridgehead atoms. The fourth-order valence-electron chi connectivity index (χ4n) is 2.52. The quantitative estimate of drug-likeness (QED) is 0.570. The number of carbonyl (C=O) groups excluding carboxylic acids is 3. The largest absolute Gasteiger partial charge is 0.493 e. The molecule has 1 aliphatic heterocycles. The number of amides is 2. The van der Waals surface area contributed by atoms with Gasteiger partial charge in [0, 0.05) is 11.1 Å². The molecule has 0 aromatic heterocycles. The van der Waals surface area contributed by atoms with Crippen molar-refractivity contribution in [2.45, 2.75) is 6.92 Å². The number of ether oxygens (including phenoxy) is 1. The van der Waals surface area contributed by atoms with Crippen LogP contribution in [0, 0.1) is 0 Å². The number of hydrogen-bond donors (Lipinski definition) is 0. The molecule has 1 fully saturated rings. The van der Waals surface area contributed by atoms with E-state index in [1.807, 2.05) is 25.1 Å². The Labute approximate surface area is 155 Å². The number of Topliss-reactive ketones (excluding diaryl/α,β-unsaturated/α-hetero) is 1. The summed E-state index contributed by atoms with van der Waals surface area (Å²) in [5, 5.41) is -0.445. The van der Waals surface area contributed by atoms with Crippen molar-refractivity contribution in [1.82, 2.24) is 4.90 Å². The second-order valence-electron chi connectivity index (χ2n) is 5.53. The maximum absolute atomic E-state index is 12.6. The Bertz CT molecular complexity index is 876. The molecule has 132 valence electrons. The minimum atomic E-state index is -0.462. The zero-order chi connectivity index (χ0) is 18.5. The SMILES string of the molecule is CCOc1ccccc1/C=C1/SC(=O)N(CC(=O)c2ccccc2)C1=O. The Balaban J connectivity index is 1.80. The molecule has 5 nitrogen and oxygen atoms in total. The van der Waals surface area contributed by atoms with Crippen molar-refractivity contribution in [2.75, 3.05) is 13.2 Å². The summed E-state index contributed by atoms with van der Waals surface area (Å²) in [6.07, 6.45) is 1.63. The summed E-state index contributed by atoms with van der Waals surface area (Å²) >= 11 is 0.831. The number of ketones is 1. The summed E-state index contributed by atoms with van der Waals surface area (Å²) in [5.74, 6) is -0.0957. The molecule has 0 aliphatic carbocycles. The number of thioether (sulfide) groups is 1. The van der Waals surface area contributed by atoms with Crippen molar-refractivity contribution in [3.63, 3.8) is 0 Å². The highest BCUT2D eigenvalue weighted by molar-refractivity contribution is 8.18. The minimum Gasteiger partial charge on any atom is -0.493 e. The summed E-state index contributed by atoms with van der Waals surface area (Å²) in [6, 6.07) is 15.9. The van der Waals surface area contributed by atoms with Crippen molar-refractivity contribution < 1.29 is 19.1 Å². The van der Waals surface area contributed by atoms with Crippen LogP contribution in [-0.4, -0.2) is 35.0 Å². The van der Waals surface area contributed by atoms with Gasteiger partial charge in [0.05, 0.1) is 18.1 Å². The first-order chi connectivity index (χ1) is 12.6. The van der Waals surface area contributed by atoms with E-state index >= 15 is 0 Å². The number of nitrogens with zero attached hydrogens (tertiary/aromatic N) is 1. The maximum atomic E-state index is 12.6. The minimum absolute atomic E-state index is 0.265. The molecule has 2 aromatic carbocycles. The Morgan fingerprint density at radius 3 is 2.50 bits per heavy atom. The van der Waals surface area contributed by atoms with Gasteiger partial charge >= 0.3 is 0 Å². The number of hydrogen-bond acceptors (Lipinski definition) is 5. The smallest absolute Gasteiger partial charge is 0.293 e. The molecule has 0 unspecified atom stereocenters. The first kappa shape index (κ1) is 17.9. The van der Waals surface area contributed by atoms with E-state index < -0.39 is 11.1 Å². The van der Waals surface area contributed by atoms with Crippen molar-refractivity contribution in [3.05, 3.63) is 70.6 Å². The van der Waals surface area contributed by atoms with Crippen LogP contribution in [0.4, 0.5) is 4.79 Å². The van der Waals surface area contributed by atoms with Crippen LogP contribution in [0.15, 0.2) is 59.5 Å². The lowest BCUT2D eigenvalue weighted by molar-refractivity contribution is -0.122. The second kappa shape index (κ2) is 8.01. The van der Waals surface area contributed by atoms with Crippen LogP contribution in [0.3, 0.4) is 0 Å². The van der Waals surface area contributed by atoms with Gasteiger partial charge in [-0.05, 0) is 30.8 Å². The van der Waals surface area contributed by atoms with E-state index in [1.54, 1.807) is 42.5 Å². The van der Waals surface area contributed by atoms with Crippen LogP contribution in [0.1, 0.15) is 22.8 Å². The normalized spacial score (nSPS) is 15.6. The number of para-hydroxylation sites is 1. The lowest BCUT2D eigenvalue weighted by Gasteiger charge is -2.11. The van der Waals surface area contributed by atoms with Gasteiger partial charge < -0.3 is 4.74 Å². The number of rotatable bonds is 6. The molecule has 1 heterocycles. The van der Waals surface area contributed by atoms with Gasteiger partial charge in [0.2, 0.25) is 0 Å². The molecule has 0 atom stereocenters. The van der Waals surface area contributed by atoms with Gasteiger partial charge in [0.25, 0.3) is 11.1 Å². The average molecular weight is 367 g/mol. The molecule has 2 amide bonds. The lowest BCUT2D eigenvalue weighted by atomic mass is 10.1. The molecule has 26 heavy (non-hydrogen) atoms. The highest BCUT2D eigenvalue weighted by Crippen LogP contribution is 2.34. The standard InChI is InChI=1S/C20H17NO4S/c1-2-25-17-11-7-6-10-15(17)12-18-19(23)21(20(24)26-18)13-16(22)14-8-4-3-5-9-14/h3-12H,2,13H2,1H3/b18-12+. The van der Waals surface area contributed by atoms with Gasteiger partial charge in [-0.2, -0.15) is 0 Å². The van der Waals surface area contributed by atoms with E-state index in [4.69, 9.17) is 4.74 Å². The topological polar surface area (TPSA) is 63.7 Å². The first-order valence-corrected chi connectivity index (χ1v) is 8.97. The summed E-state index contributed by atoms with van der Waals surface area (Å²) in [7, 11) is 0. The molecule has 6 heteroatoms. The van der Waals surface area contributed by atoms with E-state index in [9.17, 15) is 14.4 Å². The zero-order valence-electron chi connectivity index (χ0n) is 14.2. The summed E-state index contributed by atoms with van der Waals surface area (Å²) < 4.78 is 5.54. The van der Waals surface area contributed by atoms with Crippen molar-refractivity contribution in [1.29, 1.82) is 0 Å². The van der Waals surface area contributed by atoms with E-state index in [2.05, 4.69) is 0 Å². The Morgan fingerprint density at radius 1 is 1.08 bits per heavy atom. The molecular weight excluding hydrogens is 350 g/mol. The maximum Gasteiger partial charge on any atom is 0.293 e. The Morgan fingerprint density at radius 2 is 1.77 bits per heavy atom. The highest BCUT2D eigenvalue weighted by Gasteiger charge is 2.36. The predicted molar refractivity (Wildman–Crippen MR) is 101 cm³/mol. The van der Waals surface area contributed by atoms with Crippen molar-refractivity contribution in [3.8, 4) is 5.75 Å². The number of carbonyl (C=O) groups is 3. The van der Waals surface area contributed by atoms with E-state index in [0.29, 0.717) is 23.5 Å². The van der Waals surface area contributed by atoms with Crippen LogP contribution in [-0.2, 0) is 4.79 Å². The number of benzene rings is 2. The fraction of sp³-hybridized carbons (Fsp3) is 0.150. The van der Waals surface area contributed by atoms with Gasteiger partial charge in [-0.15, -0.1) is 0 Å². The van der Waals surface area contributed by atoms with E-state index in [1.165, 1.54) is 0 Å². The lowest BCUT2D eigenvalue weighted by Crippen LogP contribution is -2.33. The van der Waals surface area contributed by atoms with Crippen LogP contribution < -0.4 is 4.74 Å². The third kappa shape index (κ3) is 3.86. The van der Waals surface area contributed by atoms with E-state index in [-0.39, 0.29) is 17.2 Å². The molecule has 0 radical (unpaired) electrons. The molecule has 1 saturated heterocycles. The first-order valence-electron chi connectivity index (χ1n) is 8.15. The van der Waals surface area contributed by atoms with Crippen LogP contribution in [0.5, 0.6) is 5.75 Å². The van der Waals surface area contributed by atoms with Gasteiger partial charge in [-0.1, -0.05) is 48.5 Å². The van der Waals surface area contributed by atoms with Crippen LogP contribution >= 0.6 is 11.8 Å². The zero-order valence-corrected chi connectivity index (χ0v) is 15.0. The van der Waals surface area contributed by atoms with Crippen LogP contribution in [0.2, 0.25) is 0 Å². The summed E-state index contributed by atoms with van der Waals surface area (Å²) in [6.45, 7) is 2.11. The average Bonchev–Trinajstić information content (AvgIpc) is 2.91. The fourth-order valence-corrected chi connectivity index (χ4v) is 3.35. The molecule has 1 aliphatic rings. The molecular formula is C20H17NO4S. The third-order valence-electron chi connectivity index (χ3n) is 3.78. The molecule has 3 rings (SSSR count). The molecule has 2 aromatic rings. The second-order valence-corrected chi connectivity index (χ2v) is 6.52. The Hall–Kier alpha value is -2.86. The third-order valence-corrected chi connectivity index (χ3v) is 4.68. The van der Waals surface area contributed by atoms with Crippen molar-refractivity contribution >= 4 is 34.8 Å². The summed E-state index contributed by atoms with van der Waals surface area (Å²) in [4.78, 5) is 38.3. The molecule has 0 saturated carbocycles. The number of imide groups is 1. The van der Waals surface area contributed by atoms with Crippen LogP contribution in [0.25, 0.3) is 6.08 Å². The molecule has 0 spiro atoms. The summed E-state index contributed by atoms with van der Waals surface area (Å²) in [5.41, 5.74) is 1.19. The Kier molecular flexibility index (Phi) is 5.53. The monoisotopic (exact) mass is 367 g/mol. The highest BCUT2D eigenvalue weighted by atomic mass is 32.2.